The van der Waals surface area contributed by atoms with Crippen LogP contribution < -0.4 is 5.73 Å². The van der Waals surface area contributed by atoms with Crippen molar-refractivity contribution in [1.29, 1.82) is 0 Å². The van der Waals surface area contributed by atoms with Gasteiger partial charge in [-0.05, 0) is 13.1 Å². The zero-order chi connectivity index (χ0) is 13.8. The molecule has 1 aromatic heterocycles. The van der Waals surface area contributed by atoms with Gasteiger partial charge in [0.25, 0.3) is 0 Å². The van der Waals surface area contributed by atoms with Crippen molar-refractivity contribution >= 4 is 5.82 Å². The van der Waals surface area contributed by atoms with Gasteiger partial charge in [-0.15, -0.1) is 0 Å². The summed E-state index contributed by atoms with van der Waals surface area (Å²) in [4.78, 5) is 11.3. The zero-order valence-electron chi connectivity index (χ0n) is 12.3. The highest BCUT2D eigenvalue weighted by atomic mass is 15.1. The van der Waals surface area contributed by atoms with E-state index in [-0.39, 0.29) is 5.41 Å². The molecule has 0 saturated carbocycles. The van der Waals surface area contributed by atoms with Crippen LogP contribution in [0.5, 0.6) is 0 Å². The van der Waals surface area contributed by atoms with Crippen LogP contribution in [-0.2, 0) is 11.8 Å². The first-order valence-electron chi connectivity index (χ1n) is 6.73. The van der Waals surface area contributed by atoms with E-state index in [1.54, 1.807) is 0 Å². The highest BCUT2D eigenvalue weighted by Gasteiger charge is 2.17. The molecular weight excluding hydrogens is 224 g/mol. The third-order valence-corrected chi connectivity index (χ3v) is 3.11. The topological polar surface area (TPSA) is 55.0 Å². The number of rotatable bonds is 5. The number of anilines is 1. The van der Waals surface area contributed by atoms with Gasteiger partial charge >= 0.3 is 0 Å². The van der Waals surface area contributed by atoms with Crippen molar-refractivity contribution in [3.8, 4) is 0 Å². The minimum Gasteiger partial charge on any atom is -0.384 e. The molecule has 0 unspecified atom stereocenters. The van der Waals surface area contributed by atoms with Gasteiger partial charge < -0.3 is 10.6 Å². The molecular formula is C14H26N4. The normalized spacial score (nSPS) is 12.1. The SMILES string of the molecule is CCN(CC)CCc1nc(N)cc(C(C)(C)C)n1. The van der Waals surface area contributed by atoms with Gasteiger partial charge in [0.15, 0.2) is 0 Å². The smallest absolute Gasteiger partial charge is 0.132 e. The van der Waals surface area contributed by atoms with Crippen LogP contribution in [0.3, 0.4) is 0 Å². The molecule has 0 aliphatic carbocycles. The van der Waals surface area contributed by atoms with Crippen molar-refractivity contribution in [2.45, 2.75) is 46.5 Å². The summed E-state index contributed by atoms with van der Waals surface area (Å²) in [5.41, 5.74) is 6.90. The Morgan fingerprint density at radius 1 is 1.17 bits per heavy atom. The van der Waals surface area contributed by atoms with Crippen LogP contribution in [0, 0.1) is 0 Å². The second-order valence-electron chi connectivity index (χ2n) is 5.62. The van der Waals surface area contributed by atoms with Crippen LogP contribution in [0.2, 0.25) is 0 Å². The minimum absolute atomic E-state index is 0.0149. The first-order valence-corrected chi connectivity index (χ1v) is 6.73. The lowest BCUT2D eigenvalue weighted by Crippen LogP contribution is -2.26. The van der Waals surface area contributed by atoms with Gasteiger partial charge in [0.1, 0.15) is 11.6 Å². The van der Waals surface area contributed by atoms with Crippen molar-refractivity contribution in [2.24, 2.45) is 0 Å². The van der Waals surface area contributed by atoms with E-state index in [1.165, 1.54) is 0 Å². The molecule has 0 aliphatic rings. The molecule has 1 heterocycles. The van der Waals surface area contributed by atoms with Gasteiger partial charge in [-0.25, -0.2) is 9.97 Å². The molecule has 0 bridgehead atoms. The number of nitrogens with two attached hydrogens (primary N) is 1. The third-order valence-electron chi connectivity index (χ3n) is 3.11. The van der Waals surface area contributed by atoms with E-state index in [0.29, 0.717) is 5.82 Å². The van der Waals surface area contributed by atoms with E-state index >= 15 is 0 Å². The van der Waals surface area contributed by atoms with Gasteiger partial charge in [-0.1, -0.05) is 34.6 Å². The zero-order valence-corrected chi connectivity index (χ0v) is 12.3. The largest absolute Gasteiger partial charge is 0.384 e. The third kappa shape index (κ3) is 4.26. The number of hydrogen-bond acceptors (Lipinski definition) is 4. The average molecular weight is 250 g/mol. The molecule has 1 aromatic rings. The fraction of sp³-hybridized carbons (Fsp3) is 0.714. The Kier molecular flexibility index (Phi) is 5.08. The Hall–Kier alpha value is -1.16. The molecule has 2 N–H and O–H groups in total. The predicted molar refractivity (Wildman–Crippen MR) is 76.6 cm³/mol. The predicted octanol–water partition coefficient (Wildman–Crippen LogP) is 2.24. The van der Waals surface area contributed by atoms with E-state index in [1.807, 2.05) is 6.07 Å². The average Bonchev–Trinajstić information content (AvgIpc) is 2.28. The van der Waals surface area contributed by atoms with Crippen LogP contribution in [0.25, 0.3) is 0 Å². The van der Waals surface area contributed by atoms with Gasteiger partial charge in [0.05, 0.1) is 5.69 Å². The molecule has 0 fully saturated rings. The first-order chi connectivity index (χ1) is 8.36. The molecule has 0 saturated heterocycles. The molecule has 0 atom stereocenters. The van der Waals surface area contributed by atoms with E-state index < -0.39 is 0 Å². The second kappa shape index (κ2) is 6.14. The van der Waals surface area contributed by atoms with Crippen molar-refractivity contribution in [1.82, 2.24) is 14.9 Å². The van der Waals surface area contributed by atoms with Crippen molar-refractivity contribution in [3.63, 3.8) is 0 Å². The number of hydrogen-bond donors (Lipinski definition) is 1. The molecule has 4 heteroatoms. The lowest BCUT2D eigenvalue weighted by atomic mass is 9.92. The quantitative estimate of drug-likeness (QED) is 0.870. The molecule has 1 rings (SSSR count). The van der Waals surface area contributed by atoms with Gasteiger partial charge in [-0.3, -0.25) is 0 Å². The van der Waals surface area contributed by atoms with Crippen LogP contribution in [-0.4, -0.2) is 34.5 Å². The number of nitrogens with zero attached hydrogens (tertiary/aromatic N) is 3. The monoisotopic (exact) mass is 250 g/mol. The van der Waals surface area contributed by atoms with E-state index in [0.717, 1.165) is 37.6 Å². The maximum atomic E-state index is 5.86. The standard InChI is InChI=1S/C14H26N4/c1-6-18(7-2)9-8-13-16-11(14(3,4)5)10-12(15)17-13/h10H,6-9H2,1-5H3,(H2,15,16,17). The molecule has 0 aromatic carbocycles. The minimum atomic E-state index is 0.0149. The molecule has 0 amide bonds. The highest BCUT2D eigenvalue weighted by molar-refractivity contribution is 5.32. The summed E-state index contributed by atoms with van der Waals surface area (Å²) >= 11 is 0. The summed E-state index contributed by atoms with van der Waals surface area (Å²) in [6, 6.07) is 1.88. The molecule has 4 nitrogen and oxygen atoms in total. The lowest BCUT2D eigenvalue weighted by Gasteiger charge is -2.20. The summed E-state index contributed by atoms with van der Waals surface area (Å²) in [5, 5.41) is 0. The Balaban J connectivity index is 2.81. The summed E-state index contributed by atoms with van der Waals surface area (Å²) in [5.74, 6) is 1.43. The van der Waals surface area contributed by atoms with Crippen LogP contribution in [0.15, 0.2) is 6.07 Å². The van der Waals surface area contributed by atoms with Crippen molar-refractivity contribution in [2.75, 3.05) is 25.4 Å². The summed E-state index contributed by atoms with van der Waals surface area (Å²) in [6.07, 6.45) is 0.857. The van der Waals surface area contributed by atoms with E-state index in [2.05, 4.69) is 49.5 Å². The molecule has 0 spiro atoms. The summed E-state index contributed by atoms with van der Waals surface area (Å²) < 4.78 is 0. The Morgan fingerprint density at radius 2 is 1.78 bits per heavy atom. The van der Waals surface area contributed by atoms with Crippen molar-refractivity contribution < 1.29 is 0 Å². The molecule has 0 radical (unpaired) electrons. The van der Waals surface area contributed by atoms with Gasteiger partial charge in [-0.2, -0.15) is 0 Å². The van der Waals surface area contributed by atoms with Crippen LogP contribution in [0.4, 0.5) is 5.82 Å². The van der Waals surface area contributed by atoms with Gasteiger partial charge in [0.2, 0.25) is 0 Å². The Morgan fingerprint density at radius 3 is 2.28 bits per heavy atom. The van der Waals surface area contributed by atoms with E-state index in [4.69, 9.17) is 5.73 Å². The molecule has 102 valence electrons. The summed E-state index contributed by atoms with van der Waals surface area (Å²) in [6.45, 7) is 13.9. The number of aromatic nitrogens is 2. The van der Waals surface area contributed by atoms with Crippen LogP contribution >= 0.6 is 0 Å². The fourth-order valence-electron chi connectivity index (χ4n) is 1.81. The molecule has 0 aliphatic heterocycles. The maximum Gasteiger partial charge on any atom is 0.132 e. The number of likely N-dealkylation sites (N-methyl/N-ethyl adjacent to an activating group) is 1. The molecule has 18 heavy (non-hydrogen) atoms. The second-order valence-corrected chi connectivity index (χ2v) is 5.62. The lowest BCUT2D eigenvalue weighted by molar-refractivity contribution is 0.305. The maximum absolute atomic E-state index is 5.86. The summed E-state index contributed by atoms with van der Waals surface area (Å²) in [7, 11) is 0. The Labute approximate surface area is 111 Å². The first kappa shape index (κ1) is 14.9. The highest BCUT2D eigenvalue weighted by Crippen LogP contribution is 2.21. The Bertz CT molecular complexity index is 378. The number of nitrogen functional groups attached to an aromatic ring is 1. The van der Waals surface area contributed by atoms with Gasteiger partial charge in [0, 0.05) is 24.4 Å². The van der Waals surface area contributed by atoms with Crippen LogP contribution in [0.1, 0.15) is 46.1 Å². The van der Waals surface area contributed by atoms with Crippen molar-refractivity contribution in [3.05, 3.63) is 17.6 Å². The fourth-order valence-corrected chi connectivity index (χ4v) is 1.81. The van der Waals surface area contributed by atoms with E-state index in [9.17, 15) is 0 Å².